The van der Waals surface area contributed by atoms with E-state index in [4.69, 9.17) is 0 Å². The van der Waals surface area contributed by atoms with Gasteiger partial charge in [0.2, 0.25) is 5.95 Å². The van der Waals surface area contributed by atoms with Crippen molar-refractivity contribution in [1.29, 1.82) is 0 Å². The molecule has 158 valence electrons. The van der Waals surface area contributed by atoms with Crippen LogP contribution in [0.1, 0.15) is 18.0 Å². The van der Waals surface area contributed by atoms with Crippen LogP contribution in [0.15, 0.2) is 59.7 Å². The molecule has 4 heterocycles. The van der Waals surface area contributed by atoms with Crippen LogP contribution in [0.3, 0.4) is 0 Å². The molecule has 5 rings (SSSR count). The number of pyridine rings is 1. The summed E-state index contributed by atoms with van der Waals surface area (Å²) in [6, 6.07) is 10.3. The summed E-state index contributed by atoms with van der Waals surface area (Å²) in [4.78, 5) is 36.2. The van der Waals surface area contributed by atoms with E-state index in [9.17, 15) is 14.0 Å². The van der Waals surface area contributed by atoms with E-state index in [2.05, 4.69) is 25.5 Å². The first-order valence-corrected chi connectivity index (χ1v) is 10.2. The number of anilines is 3. The number of aromatic nitrogens is 3. The van der Waals surface area contributed by atoms with Crippen LogP contribution in [-0.2, 0) is 6.54 Å². The Labute approximate surface area is 177 Å². The van der Waals surface area contributed by atoms with E-state index in [-0.39, 0.29) is 17.2 Å². The summed E-state index contributed by atoms with van der Waals surface area (Å²) in [5.74, 6) is 0.747. The van der Waals surface area contributed by atoms with Gasteiger partial charge in [-0.1, -0.05) is 6.07 Å². The summed E-state index contributed by atoms with van der Waals surface area (Å²) in [5, 5.41) is 5.14. The Hall–Kier alpha value is -3.75. The highest BCUT2D eigenvalue weighted by Crippen LogP contribution is 2.36. The van der Waals surface area contributed by atoms with Crippen molar-refractivity contribution in [3.63, 3.8) is 0 Å². The molecule has 1 saturated heterocycles. The zero-order valence-electron chi connectivity index (χ0n) is 16.7. The molecule has 2 aromatic heterocycles. The average Bonchev–Trinajstić information content (AvgIpc) is 2.76. The third-order valence-corrected chi connectivity index (χ3v) is 5.77. The Kier molecular flexibility index (Phi) is 4.85. The lowest BCUT2D eigenvalue weighted by molar-refractivity contribution is 0.262. The Bertz CT molecular complexity index is 1180. The van der Waals surface area contributed by atoms with Crippen LogP contribution in [0.4, 0.5) is 26.5 Å². The second-order valence-corrected chi connectivity index (χ2v) is 7.93. The molecule has 0 radical (unpaired) electrons. The standard InChI is InChI=1S/C22H21FN6O2/c23-16-3-1-4-17(10-16)26-22(31)27-18-5-6-19-15-9-14(12-29(19)20(18)30)11-28(13-15)21-24-7-2-8-25-21/h1-8,10,14-15H,9,11-13H2,(H2,26,27,31)/t14-,15-/m1/s1. The number of halogens is 1. The molecule has 2 aliphatic heterocycles. The summed E-state index contributed by atoms with van der Waals surface area (Å²) >= 11 is 0. The Morgan fingerprint density at radius 2 is 1.87 bits per heavy atom. The fourth-order valence-corrected chi connectivity index (χ4v) is 4.51. The molecule has 0 unspecified atom stereocenters. The Morgan fingerprint density at radius 3 is 2.68 bits per heavy atom. The number of nitrogens with one attached hydrogen (secondary N) is 2. The van der Waals surface area contributed by atoms with Gasteiger partial charge in [-0.3, -0.25) is 4.79 Å². The molecule has 2 aliphatic rings. The van der Waals surface area contributed by atoms with Crippen molar-refractivity contribution in [1.82, 2.24) is 14.5 Å². The first kappa shape index (κ1) is 19.2. The normalized spacial score (nSPS) is 19.5. The van der Waals surface area contributed by atoms with Crippen molar-refractivity contribution in [3.8, 4) is 0 Å². The first-order chi connectivity index (χ1) is 15.1. The van der Waals surface area contributed by atoms with Crippen LogP contribution in [0.25, 0.3) is 0 Å². The molecule has 0 spiro atoms. The number of piperidine rings is 1. The van der Waals surface area contributed by atoms with Crippen LogP contribution in [0.5, 0.6) is 0 Å². The van der Waals surface area contributed by atoms with E-state index in [1.165, 1.54) is 18.2 Å². The molecule has 1 fully saturated rings. The molecular formula is C22H21FN6O2. The average molecular weight is 420 g/mol. The Morgan fingerprint density at radius 1 is 1.03 bits per heavy atom. The summed E-state index contributed by atoms with van der Waals surface area (Å²) in [6.07, 6.45) is 4.48. The summed E-state index contributed by atoms with van der Waals surface area (Å²) in [7, 11) is 0. The molecule has 8 nitrogen and oxygen atoms in total. The molecule has 2 N–H and O–H groups in total. The zero-order chi connectivity index (χ0) is 21.4. The smallest absolute Gasteiger partial charge is 0.323 e. The first-order valence-electron chi connectivity index (χ1n) is 10.2. The summed E-state index contributed by atoms with van der Waals surface area (Å²) in [6.45, 7) is 2.10. The molecule has 9 heteroatoms. The molecular weight excluding hydrogens is 399 g/mol. The zero-order valence-corrected chi connectivity index (χ0v) is 16.7. The van der Waals surface area contributed by atoms with Gasteiger partial charge < -0.3 is 20.1 Å². The molecule has 1 aromatic carbocycles. The van der Waals surface area contributed by atoms with Crippen LogP contribution >= 0.6 is 0 Å². The van der Waals surface area contributed by atoms with Crippen molar-refractivity contribution < 1.29 is 9.18 Å². The quantitative estimate of drug-likeness (QED) is 0.680. The molecule has 2 atom stereocenters. The number of amides is 2. The van der Waals surface area contributed by atoms with Crippen LogP contribution in [0.2, 0.25) is 0 Å². The number of rotatable bonds is 3. The van der Waals surface area contributed by atoms with Gasteiger partial charge in [0.15, 0.2) is 0 Å². The highest BCUT2D eigenvalue weighted by molar-refractivity contribution is 5.99. The number of carbonyl (C=O) groups excluding carboxylic acids is 1. The van der Waals surface area contributed by atoms with E-state index in [1.807, 2.05) is 6.07 Å². The predicted octanol–water partition coefficient (Wildman–Crippen LogP) is 3.05. The fourth-order valence-electron chi connectivity index (χ4n) is 4.51. The highest BCUT2D eigenvalue weighted by Gasteiger charge is 2.35. The second-order valence-electron chi connectivity index (χ2n) is 7.93. The lowest BCUT2D eigenvalue weighted by atomic mass is 9.83. The van der Waals surface area contributed by atoms with E-state index in [0.717, 1.165) is 25.2 Å². The number of fused-ring (bicyclic) bond motifs is 4. The third kappa shape index (κ3) is 3.86. The van der Waals surface area contributed by atoms with Gasteiger partial charge in [-0.15, -0.1) is 0 Å². The van der Waals surface area contributed by atoms with Gasteiger partial charge in [0.25, 0.3) is 5.56 Å². The maximum atomic E-state index is 13.3. The van der Waals surface area contributed by atoms with Gasteiger partial charge in [0, 0.05) is 49.3 Å². The van der Waals surface area contributed by atoms with E-state index in [1.54, 1.807) is 35.2 Å². The van der Waals surface area contributed by atoms with Crippen LogP contribution < -0.4 is 21.1 Å². The number of hydrogen-bond donors (Lipinski definition) is 2. The molecule has 0 aliphatic carbocycles. The minimum atomic E-state index is -0.591. The minimum Gasteiger partial charge on any atom is -0.340 e. The molecule has 2 amide bonds. The maximum absolute atomic E-state index is 13.3. The summed E-state index contributed by atoms with van der Waals surface area (Å²) < 4.78 is 15.1. The number of hydrogen-bond acceptors (Lipinski definition) is 5. The van der Waals surface area contributed by atoms with Gasteiger partial charge in [0.05, 0.1) is 0 Å². The second kappa shape index (κ2) is 7.82. The van der Waals surface area contributed by atoms with E-state index < -0.39 is 11.8 Å². The van der Waals surface area contributed by atoms with Crippen molar-refractivity contribution >= 4 is 23.4 Å². The van der Waals surface area contributed by atoms with Crippen molar-refractivity contribution in [2.24, 2.45) is 5.92 Å². The number of urea groups is 1. The van der Waals surface area contributed by atoms with Crippen molar-refractivity contribution in [2.75, 3.05) is 28.6 Å². The van der Waals surface area contributed by atoms with Crippen molar-refractivity contribution in [2.45, 2.75) is 18.9 Å². The lowest BCUT2D eigenvalue weighted by Crippen LogP contribution is -2.48. The number of carbonyl (C=O) groups is 1. The van der Waals surface area contributed by atoms with Gasteiger partial charge in [-0.25, -0.2) is 19.2 Å². The largest absolute Gasteiger partial charge is 0.340 e. The maximum Gasteiger partial charge on any atom is 0.323 e. The lowest BCUT2D eigenvalue weighted by Gasteiger charge is -2.42. The Balaban J connectivity index is 1.35. The monoisotopic (exact) mass is 420 g/mol. The minimum absolute atomic E-state index is 0.194. The molecule has 0 saturated carbocycles. The predicted molar refractivity (Wildman–Crippen MR) is 115 cm³/mol. The van der Waals surface area contributed by atoms with Gasteiger partial charge in [-0.2, -0.15) is 0 Å². The fraction of sp³-hybridized carbons (Fsp3) is 0.273. The van der Waals surface area contributed by atoms with Gasteiger partial charge >= 0.3 is 6.03 Å². The van der Waals surface area contributed by atoms with Crippen molar-refractivity contribution in [3.05, 3.63) is 76.7 Å². The highest BCUT2D eigenvalue weighted by atomic mass is 19.1. The van der Waals surface area contributed by atoms with E-state index >= 15 is 0 Å². The number of benzene rings is 1. The third-order valence-electron chi connectivity index (χ3n) is 5.77. The van der Waals surface area contributed by atoms with Crippen LogP contribution in [0, 0.1) is 11.7 Å². The SMILES string of the molecule is O=C(Nc1cccc(F)c1)Nc1ccc2n(c1=O)C[C@@H]1C[C@@H]2CN(c2ncccn2)C1. The van der Waals surface area contributed by atoms with E-state index in [0.29, 0.717) is 24.1 Å². The van der Waals surface area contributed by atoms with Gasteiger partial charge in [0.1, 0.15) is 11.5 Å². The topological polar surface area (TPSA) is 92.2 Å². The summed E-state index contributed by atoms with van der Waals surface area (Å²) in [5.41, 5.74) is 1.23. The van der Waals surface area contributed by atoms with Gasteiger partial charge in [-0.05, 0) is 48.7 Å². The van der Waals surface area contributed by atoms with Crippen LogP contribution in [-0.4, -0.2) is 33.7 Å². The molecule has 2 bridgehead atoms. The number of nitrogens with zero attached hydrogens (tertiary/aromatic N) is 4. The molecule has 3 aromatic rings. The molecule has 31 heavy (non-hydrogen) atoms.